The molecule has 0 spiro atoms. The molecule has 2 atom stereocenters. The van der Waals surface area contributed by atoms with Crippen LogP contribution in [0.15, 0.2) is 84.9 Å². The zero-order valence-corrected chi connectivity index (χ0v) is 21.1. The molecule has 0 bridgehead atoms. The SMILES string of the molecule is NC(CC(=O)NC(CCCC(=O)O)c1ccc(OCc2ccccc2)cc1)OCCCc1ccccc1. The first-order valence-electron chi connectivity index (χ1n) is 12.7. The lowest BCUT2D eigenvalue weighted by molar-refractivity contribution is -0.137. The van der Waals surface area contributed by atoms with Crippen molar-refractivity contribution >= 4 is 11.9 Å². The van der Waals surface area contributed by atoms with Gasteiger partial charge in [-0.25, -0.2) is 0 Å². The zero-order chi connectivity index (χ0) is 26.3. The summed E-state index contributed by atoms with van der Waals surface area (Å²) in [6.07, 6.45) is 1.99. The third-order valence-electron chi connectivity index (χ3n) is 5.92. The number of hydrogen-bond acceptors (Lipinski definition) is 5. The van der Waals surface area contributed by atoms with Gasteiger partial charge >= 0.3 is 5.97 Å². The van der Waals surface area contributed by atoms with Crippen LogP contribution in [0.4, 0.5) is 0 Å². The molecule has 2 unspecified atom stereocenters. The molecule has 3 rings (SSSR count). The van der Waals surface area contributed by atoms with Crippen molar-refractivity contribution in [3.05, 3.63) is 102 Å². The third kappa shape index (κ3) is 10.9. The Bertz CT molecular complexity index is 1070. The van der Waals surface area contributed by atoms with Gasteiger partial charge < -0.3 is 25.6 Å². The maximum atomic E-state index is 12.7. The average molecular weight is 505 g/mol. The normalized spacial score (nSPS) is 12.5. The Hall–Kier alpha value is -3.68. The molecule has 196 valence electrons. The number of aliphatic carboxylic acids is 1. The molecule has 3 aromatic carbocycles. The summed E-state index contributed by atoms with van der Waals surface area (Å²) in [4.78, 5) is 23.7. The second-order valence-electron chi connectivity index (χ2n) is 8.95. The largest absolute Gasteiger partial charge is 0.489 e. The molecule has 0 aliphatic rings. The highest BCUT2D eigenvalue weighted by Crippen LogP contribution is 2.23. The molecule has 0 heterocycles. The van der Waals surface area contributed by atoms with Gasteiger partial charge in [0.25, 0.3) is 0 Å². The van der Waals surface area contributed by atoms with E-state index in [1.54, 1.807) is 0 Å². The van der Waals surface area contributed by atoms with Gasteiger partial charge in [-0.15, -0.1) is 0 Å². The van der Waals surface area contributed by atoms with Crippen LogP contribution in [0.2, 0.25) is 0 Å². The Kier molecular flexibility index (Phi) is 11.6. The third-order valence-corrected chi connectivity index (χ3v) is 5.92. The van der Waals surface area contributed by atoms with Gasteiger partial charge in [-0.3, -0.25) is 9.59 Å². The summed E-state index contributed by atoms with van der Waals surface area (Å²) in [6.45, 7) is 0.929. The van der Waals surface area contributed by atoms with Gasteiger partial charge in [0.1, 0.15) is 18.6 Å². The van der Waals surface area contributed by atoms with Crippen molar-refractivity contribution in [2.75, 3.05) is 6.61 Å². The number of carboxylic acids is 1. The molecule has 0 aliphatic carbocycles. The number of carboxylic acid groups (broad SMARTS) is 1. The number of nitrogens with one attached hydrogen (secondary N) is 1. The first kappa shape index (κ1) is 27.9. The van der Waals surface area contributed by atoms with Gasteiger partial charge in [0.05, 0.1) is 12.5 Å². The fourth-order valence-electron chi connectivity index (χ4n) is 3.97. The molecule has 0 saturated heterocycles. The van der Waals surface area contributed by atoms with Gasteiger partial charge in [0.2, 0.25) is 5.91 Å². The number of carbonyl (C=O) groups is 2. The van der Waals surface area contributed by atoms with E-state index in [2.05, 4.69) is 17.4 Å². The van der Waals surface area contributed by atoms with Crippen LogP contribution >= 0.6 is 0 Å². The molecule has 3 aromatic rings. The summed E-state index contributed by atoms with van der Waals surface area (Å²) in [5.41, 5.74) is 9.22. The molecule has 0 fully saturated rings. The van der Waals surface area contributed by atoms with E-state index in [1.807, 2.05) is 72.8 Å². The van der Waals surface area contributed by atoms with Crippen LogP contribution in [-0.2, 0) is 27.4 Å². The highest BCUT2D eigenvalue weighted by atomic mass is 16.5. The Morgan fingerprint density at radius 2 is 1.51 bits per heavy atom. The number of benzene rings is 3. The van der Waals surface area contributed by atoms with Crippen molar-refractivity contribution in [3.8, 4) is 5.75 Å². The molecule has 7 nitrogen and oxygen atoms in total. The Labute approximate surface area is 218 Å². The lowest BCUT2D eigenvalue weighted by atomic mass is 10.0. The van der Waals surface area contributed by atoms with Gasteiger partial charge in [0, 0.05) is 13.0 Å². The van der Waals surface area contributed by atoms with Crippen LogP contribution in [-0.4, -0.2) is 29.8 Å². The molecule has 0 aliphatic heterocycles. The van der Waals surface area contributed by atoms with Crippen LogP contribution in [0.25, 0.3) is 0 Å². The quantitative estimate of drug-likeness (QED) is 0.187. The summed E-state index contributed by atoms with van der Waals surface area (Å²) in [7, 11) is 0. The van der Waals surface area contributed by atoms with E-state index in [0.717, 1.165) is 24.0 Å². The van der Waals surface area contributed by atoms with Crippen LogP contribution < -0.4 is 15.8 Å². The highest BCUT2D eigenvalue weighted by Gasteiger charge is 2.18. The number of amides is 1. The maximum Gasteiger partial charge on any atom is 0.303 e. The Balaban J connectivity index is 1.48. The van der Waals surface area contributed by atoms with E-state index >= 15 is 0 Å². The van der Waals surface area contributed by atoms with E-state index in [9.17, 15) is 9.59 Å². The predicted octanol–water partition coefficient (Wildman–Crippen LogP) is 5.00. The Morgan fingerprint density at radius 1 is 0.865 bits per heavy atom. The predicted molar refractivity (Wildman–Crippen MR) is 143 cm³/mol. The summed E-state index contributed by atoms with van der Waals surface area (Å²) >= 11 is 0. The minimum atomic E-state index is -0.860. The van der Waals surface area contributed by atoms with Gasteiger partial charge in [-0.2, -0.15) is 0 Å². The van der Waals surface area contributed by atoms with Crippen LogP contribution in [0.5, 0.6) is 5.75 Å². The number of nitrogens with two attached hydrogens (primary N) is 1. The molecule has 37 heavy (non-hydrogen) atoms. The minimum absolute atomic E-state index is 0.0268. The lowest BCUT2D eigenvalue weighted by Crippen LogP contribution is -2.35. The number of aryl methyl sites for hydroxylation is 1. The fraction of sp³-hybridized carbons (Fsp3) is 0.333. The van der Waals surface area contributed by atoms with Crippen LogP contribution in [0, 0.1) is 0 Å². The first-order valence-corrected chi connectivity index (χ1v) is 12.7. The smallest absolute Gasteiger partial charge is 0.303 e. The van der Waals surface area contributed by atoms with E-state index in [4.69, 9.17) is 20.3 Å². The monoisotopic (exact) mass is 504 g/mol. The van der Waals surface area contributed by atoms with Crippen molar-refractivity contribution in [1.82, 2.24) is 5.32 Å². The van der Waals surface area contributed by atoms with Crippen molar-refractivity contribution in [3.63, 3.8) is 0 Å². The van der Waals surface area contributed by atoms with Crippen molar-refractivity contribution in [2.24, 2.45) is 5.73 Å². The number of rotatable bonds is 16. The maximum absolute atomic E-state index is 12.7. The van der Waals surface area contributed by atoms with Crippen LogP contribution in [0.3, 0.4) is 0 Å². The molecule has 0 aromatic heterocycles. The number of carbonyl (C=O) groups excluding carboxylic acids is 1. The summed E-state index contributed by atoms with van der Waals surface area (Å²) in [6, 6.07) is 27.2. The number of ether oxygens (including phenoxy) is 2. The minimum Gasteiger partial charge on any atom is -0.489 e. The number of hydrogen-bond donors (Lipinski definition) is 3. The summed E-state index contributed by atoms with van der Waals surface area (Å²) in [5, 5.41) is 12.0. The molecule has 7 heteroatoms. The van der Waals surface area contributed by atoms with E-state index in [1.165, 1.54) is 5.56 Å². The highest BCUT2D eigenvalue weighted by molar-refractivity contribution is 5.77. The van der Waals surface area contributed by atoms with Crippen molar-refractivity contribution in [1.29, 1.82) is 0 Å². The van der Waals surface area contributed by atoms with Gasteiger partial charge in [-0.1, -0.05) is 72.8 Å². The molecular formula is C30H36N2O5. The lowest BCUT2D eigenvalue weighted by Gasteiger charge is -2.21. The fourth-order valence-corrected chi connectivity index (χ4v) is 3.97. The summed E-state index contributed by atoms with van der Waals surface area (Å²) < 4.78 is 11.5. The topological polar surface area (TPSA) is 111 Å². The first-order chi connectivity index (χ1) is 18.0. The van der Waals surface area contributed by atoms with Crippen molar-refractivity contribution < 1.29 is 24.2 Å². The molecule has 0 saturated carbocycles. The second kappa shape index (κ2) is 15.4. The summed E-state index contributed by atoms with van der Waals surface area (Å²) in [5.74, 6) is -0.380. The molecule has 0 radical (unpaired) electrons. The zero-order valence-electron chi connectivity index (χ0n) is 21.1. The van der Waals surface area contributed by atoms with E-state index in [-0.39, 0.29) is 24.8 Å². The molecule has 4 N–H and O–H groups in total. The van der Waals surface area contributed by atoms with E-state index < -0.39 is 12.2 Å². The van der Waals surface area contributed by atoms with E-state index in [0.29, 0.717) is 31.8 Å². The molecule has 1 amide bonds. The second-order valence-corrected chi connectivity index (χ2v) is 8.95. The van der Waals surface area contributed by atoms with Gasteiger partial charge in [-0.05, 0) is 54.5 Å². The standard InChI is InChI=1S/C30H36N2O5/c31-28(36-20-8-13-23-9-3-1-4-10-23)21-29(33)32-27(14-7-15-30(34)35)25-16-18-26(19-17-25)37-22-24-11-5-2-6-12-24/h1-6,9-12,16-19,27-28H,7-8,13-15,20-22,31H2,(H,32,33)(H,34,35). The Morgan fingerprint density at radius 3 is 2.16 bits per heavy atom. The van der Waals surface area contributed by atoms with Gasteiger partial charge in [0.15, 0.2) is 0 Å². The average Bonchev–Trinajstić information content (AvgIpc) is 2.91. The van der Waals surface area contributed by atoms with Crippen molar-refractivity contribution in [2.45, 2.75) is 57.4 Å². The van der Waals surface area contributed by atoms with Crippen LogP contribution in [0.1, 0.15) is 54.8 Å². The molecular weight excluding hydrogens is 468 g/mol.